The van der Waals surface area contributed by atoms with Crippen LogP contribution in [0.1, 0.15) is 5.56 Å². The molecule has 0 bridgehead atoms. The van der Waals surface area contributed by atoms with Gasteiger partial charge in [0, 0.05) is 10.4 Å². The topological polar surface area (TPSA) is 9.23 Å². The second-order valence-electron chi connectivity index (χ2n) is 2.69. The van der Waals surface area contributed by atoms with E-state index in [1.54, 1.807) is 0 Å². The molecule has 0 amide bonds. The first kappa shape index (κ1) is 10.5. The van der Waals surface area contributed by atoms with Crippen LogP contribution in [0, 0.1) is 0 Å². The highest BCUT2D eigenvalue weighted by Crippen LogP contribution is 2.50. The average molecular weight is 302 g/mol. The molecule has 1 nitrogen and oxygen atoms in total. The summed E-state index contributed by atoms with van der Waals surface area (Å²) in [5.74, 6) is 0.193. The highest BCUT2D eigenvalue weighted by molar-refractivity contribution is 9.08. The molecule has 0 N–H and O–H groups in total. The number of alkyl halides is 3. The molecular weight excluding hydrogens is 298 g/mol. The van der Waals surface area contributed by atoms with Gasteiger partial charge in [0.1, 0.15) is 5.75 Å². The van der Waals surface area contributed by atoms with E-state index in [1.807, 2.05) is 0 Å². The lowest BCUT2D eigenvalue weighted by Gasteiger charge is -2.05. The molecule has 0 aromatic heterocycles. The van der Waals surface area contributed by atoms with Gasteiger partial charge < -0.3 is 4.74 Å². The highest BCUT2D eigenvalue weighted by Gasteiger charge is 2.41. The fourth-order valence-corrected chi connectivity index (χ4v) is 2.80. The number of benzene rings is 1. The summed E-state index contributed by atoms with van der Waals surface area (Å²) in [6.45, 7) is 0. The van der Waals surface area contributed by atoms with Crippen LogP contribution >= 0.6 is 39.3 Å². The molecular formula is C8H4BrClF2OS. The Labute approximate surface area is 96.9 Å². The molecule has 6 heteroatoms. The van der Waals surface area contributed by atoms with Gasteiger partial charge in [-0.25, -0.2) is 0 Å². The van der Waals surface area contributed by atoms with E-state index in [2.05, 4.69) is 20.7 Å². The van der Waals surface area contributed by atoms with Crippen molar-refractivity contribution >= 4 is 39.3 Å². The van der Waals surface area contributed by atoms with E-state index in [4.69, 9.17) is 11.6 Å². The molecule has 1 aromatic carbocycles. The predicted octanol–water partition coefficient (Wildman–Crippen LogP) is 4.27. The third-order valence-corrected chi connectivity index (χ3v) is 3.53. The van der Waals surface area contributed by atoms with Gasteiger partial charge in [-0.05, 0) is 29.5 Å². The van der Waals surface area contributed by atoms with Crippen LogP contribution in [0.15, 0.2) is 17.0 Å². The van der Waals surface area contributed by atoms with Gasteiger partial charge in [-0.15, -0.1) is 0 Å². The summed E-state index contributed by atoms with van der Waals surface area (Å²) >= 11 is 9.44. The first-order valence-electron chi connectivity index (χ1n) is 3.66. The van der Waals surface area contributed by atoms with Gasteiger partial charge >= 0.3 is 5.44 Å². The average Bonchev–Trinajstić information content (AvgIpc) is 2.36. The van der Waals surface area contributed by atoms with Crippen molar-refractivity contribution in [2.75, 3.05) is 0 Å². The maximum absolute atomic E-state index is 12.8. The molecule has 0 spiro atoms. The lowest BCUT2D eigenvalue weighted by Crippen LogP contribution is -2.13. The Morgan fingerprint density at radius 2 is 2.21 bits per heavy atom. The molecule has 0 atom stereocenters. The summed E-state index contributed by atoms with van der Waals surface area (Å²) in [7, 11) is 0. The van der Waals surface area contributed by atoms with Gasteiger partial charge in [0.05, 0.1) is 4.90 Å². The summed E-state index contributed by atoms with van der Waals surface area (Å²) in [4.78, 5) is 0.379. The van der Waals surface area contributed by atoms with Crippen molar-refractivity contribution in [3.05, 3.63) is 22.7 Å². The van der Waals surface area contributed by atoms with E-state index in [0.29, 0.717) is 27.0 Å². The van der Waals surface area contributed by atoms with Crippen molar-refractivity contribution in [1.82, 2.24) is 0 Å². The van der Waals surface area contributed by atoms with E-state index in [9.17, 15) is 8.78 Å². The van der Waals surface area contributed by atoms with Gasteiger partial charge in [-0.3, -0.25) is 0 Å². The molecule has 0 saturated heterocycles. The Hall–Kier alpha value is -0.000000000000000167. The van der Waals surface area contributed by atoms with Crippen molar-refractivity contribution in [1.29, 1.82) is 0 Å². The number of halogens is 4. The molecule has 1 aromatic rings. The van der Waals surface area contributed by atoms with E-state index in [1.165, 1.54) is 12.1 Å². The zero-order chi connectivity index (χ0) is 10.3. The second kappa shape index (κ2) is 3.54. The Kier molecular flexibility index (Phi) is 2.66. The Morgan fingerprint density at radius 1 is 1.50 bits per heavy atom. The molecule has 0 saturated carbocycles. The lowest BCUT2D eigenvalue weighted by molar-refractivity contribution is -0.0822. The second-order valence-corrected chi connectivity index (χ2v) is 4.78. The summed E-state index contributed by atoms with van der Waals surface area (Å²) in [6, 6.07) is 3.03. The highest BCUT2D eigenvalue weighted by atomic mass is 79.9. The number of thioether (sulfide) groups is 1. The van der Waals surface area contributed by atoms with Crippen molar-refractivity contribution in [2.24, 2.45) is 0 Å². The summed E-state index contributed by atoms with van der Waals surface area (Å²) < 4.78 is 30.0. The minimum Gasteiger partial charge on any atom is -0.423 e. The van der Waals surface area contributed by atoms with Crippen LogP contribution in [-0.4, -0.2) is 5.44 Å². The van der Waals surface area contributed by atoms with Gasteiger partial charge in [0.15, 0.2) is 0 Å². The fraction of sp³-hybridized carbons (Fsp3) is 0.250. The SMILES string of the molecule is FC1(F)Oc2cc(CBr)c(Cl)cc2S1. The standard InChI is InChI=1S/C8H4BrClF2OS/c9-3-4-1-6-7(2-5(4)10)14-8(11,12)13-6/h1-2H,3H2. The van der Waals surface area contributed by atoms with Crippen molar-refractivity contribution in [3.63, 3.8) is 0 Å². The van der Waals surface area contributed by atoms with Crippen molar-refractivity contribution < 1.29 is 13.5 Å². The molecule has 0 unspecified atom stereocenters. The van der Waals surface area contributed by atoms with Crippen LogP contribution in [0.4, 0.5) is 8.78 Å². The minimum absolute atomic E-state index is 0.193. The molecule has 1 heterocycles. The molecule has 0 fully saturated rings. The Bertz CT molecular complexity index is 386. The third kappa shape index (κ3) is 1.85. The smallest absolute Gasteiger partial charge is 0.423 e. The van der Waals surface area contributed by atoms with Gasteiger partial charge in [-0.2, -0.15) is 8.78 Å². The summed E-state index contributed by atoms with van der Waals surface area (Å²) in [5, 5.41) is 0.980. The summed E-state index contributed by atoms with van der Waals surface area (Å²) in [5.41, 5.74) is -2.43. The Balaban J connectivity index is 2.44. The zero-order valence-electron chi connectivity index (χ0n) is 6.69. The lowest BCUT2D eigenvalue weighted by atomic mass is 10.2. The first-order chi connectivity index (χ1) is 6.52. The van der Waals surface area contributed by atoms with E-state index in [0.717, 1.165) is 5.56 Å². The number of fused-ring (bicyclic) bond motifs is 1. The van der Waals surface area contributed by atoms with Crippen molar-refractivity contribution in [2.45, 2.75) is 15.7 Å². The van der Waals surface area contributed by atoms with Crippen LogP contribution in [0.25, 0.3) is 0 Å². The van der Waals surface area contributed by atoms with Crippen molar-refractivity contribution in [3.8, 4) is 5.75 Å². The van der Waals surface area contributed by atoms with Crippen LogP contribution in [0.2, 0.25) is 5.02 Å². The number of hydrogen-bond donors (Lipinski definition) is 0. The molecule has 1 aliphatic heterocycles. The quantitative estimate of drug-likeness (QED) is 0.716. The van der Waals surface area contributed by atoms with E-state index >= 15 is 0 Å². The summed E-state index contributed by atoms with van der Waals surface area (Å²) in [6.07, 6.45) is 0. The van der Waals surface area contributed by atoms with Crippen LogP contribution in [0.5, 0.6) is 5.75 Å². The number of hydrogen-bond acceptors (Lipinski definition) is 2. The van der Waals surface area contributed by atoms with Crippen LogP contribution < -0.4 is 4.74 Å². The normalized spacial score (nSPS) is 17.7. The van der Waals surface area contributed by atoms with Crippen LogP contribution in [-0.2, 0) is 5.33 Å². The van der Waals surface area contributed by atoms with Crippen LogP contribution in [0.3, 0.4) is 0 Å². The minimum atomic E-state index is -3.17. The number of rotatable bonds is 1. The predicted molar refractivity (Wildman–Crippen MR) is 55.5 cm³/mol. The fourth-order valence-electron chi connectivity index (χ4n) is 1.12. The molecule has 1 aliphatic rings. The maximum Gasteiger partial charge on any atom is 0.457 e. The zero-order valence-corrected chi connectivity index (χ0v) is 9.85. The largest absolute Gasteiger partial charge is 0.457 e. The number of ether oxygens (including phenoxy) is 1. The molecule has 0 aliphatic carbocycles. The third-order valence-electron chi connectivity index (χ3n) is 1.71. The van der Waals surface area contributed by atoms with E-state index in [-0.39, 0.29) is 5.75 Å². The molecule has 14 heavy (non-hydrogen) atoms. The van der Waals surface area contributed by atoms with Gasteiger partial charge in [0.25, 0.3) is 0 Å². The van der Waals surface area contributed by atoms with E-state index < -0.39 is 5.44 Å². The van der Waals surface area contributed by atoms with Gasteiger partial charge in [0.2, 0.25) is 0 Å². The monoisotopic (exact) mass is 300 g/mol. The molecule has 0 radical (unpaired) electrons. The molecule has 76 valence electrons. The maximum atomic E-state index is 12.8. The molecule has 2 rings (SSSR count). The van der Waals surface area contributed by atoms with Gasteiger partial charge in [-0.1, -0.05) is 27.5 Å². The Morgan fingerprint density at radius 3 is 2.86 bits per heavy atom. The first-order valence-corrected chi connectivity index (χ1v) is 5.97.